The third-order valence-electron chi connectivity index (χ3n) is 2.65. The van der Waals surface area contributed by atoms with Gasteiger partial charge in [-0.3, -0.25) is 0 Å². The van der Waals surface area contributed by atoms with Crippen LogP contribution in [0.15, 0.2) is 24.3 Å². The fourth-order valence-corrected chi connectivity index (χ4v) is 1.63. The maximum atomic E-state index is 5.75. The van der Waals surface area contributed by atoms with Gasteiger partial charge in [0.25, 0.3) is 0 Å². The number of ether oxygens (including phenoxy) is 1. The van der Waals surface area contributed by atoms with Crippen LogP contribution in [0.3, 0.4) is 0 Å². The summed E-state index contributed by atoms with van der Waals surface area (Å²) in [4.78, 5) is 0. The number of hydrogen-bond donors (Lipinski definition) is 1. The lowest BCUT2D eigenvalue weighted by atomic mass is 10.1. The van der Waals surface area contributed by atoms with Crippen molar-refractivity contribution in [1.29, 1.82) is 0 Å². The van der Waals surface area contributed by atoms with Gasteiger partial charge < -0.3 is 10.5 Å². The third-order valence-corrected chi connectivity index (χ3v) is 2.65. The lowest BCUT2D eigenvalue weighted by Crippen LogP contribution is -1.99. The Kier molecular flexibility index (Phi) is 3.62. The van der Waals surface area contributed by atoms with E-state index < -0.39 is 0 Å². The van der Waals surface area contributed by atoms with Crippen LogP contribution in [0, 0.1) is 0 Å². The Bertz CT molecular complexity index is 307. The molecule has 1 aliphatic rings. The first-order valence-electron chi connectivity index (χ1n) is 5.84. The third kappa shape index (κ3) is 3.56. The minimum absolute atomic E-state index is 0.490. The van der Waals surface area contributed by atoms with Crippen LogP contribution in [0.4, 0.5) is 0 Å². The predicted octanol–water partition coefficient (Wildman–Crippen LogP) is 2.51. The molecule has 15 heavy (non-hydrogen) atoms. The molecule has 0 radical (unpaired) electrons. The van der Waals surface area contributed by atoms with Gasteiger partial charge in [0.2, 0.25) is 0 Å². The van der Waals surface area contributed by atoms with E-state index >= 15 is 0 Å². The van der Waals surface area contributed by atoms with Crippen LogP contribution in [0.2, 0.25) is 0 Å². The molecule has 1 saturated carbocycles. The van der Waals surface area contributed by atoms with Crippen molar-refractivity contribution < 1.29 is 4.74 Å². The zero-order chi connectivity index (χ0) is 10.5. The van der Waals surface area contributed by atoms with Crippen LogP contribution in [0.1, 0.15) is 31.2 Å². The Morgan fingerprint density at radius 1 is 1.27 bits per heavy atom. The van der Waals surface area contributed by atoms with Crippen LogP contribution in [0.25, 0.3) is 0 Å². The Hall–Kier alpha value is -1.02. The fraction of sp³-hybridized carbons (Fsp3) is 0.538. The summed E-state index contributed by atoms with van der Waals surface area (Å²) in [5.41, 5.74) is 6.83. The molecule has 0 amide bonds. The van der Waals surface area contributed by atoms with Crippen molar-refractivity contribution in [2.75, 3.05) is 6.54 Å². The van der Waals surface area contributed by atoms with Gasteiger partial charge in [-0.15, -0.1) is 0 Å². The van der Waals surface area contributed by atoms with E-state index in [4.69, 9.17) is 10.5 Å². The summed E-state index contributed by atoms with van der Waals surface area (Å²) in [5, 5.41) is 0. The fourth-order valence-electron chi connectivity index (χ4n) is 1.63. The summed E-state index contributed by atoms with van der Waals surface area (Å²) < 4.78 is 5.75. The maximum absolute atomic E-state index is 5.75. The first-order valence-corrected chi connectivity index (χ1v) is 5.84. The molecule has 2 rings (SSSR count). The molecule has 2 nitrogen and oxygen atoms in total. The van der Waals surface area contributed by atoms with Crippen molar-refractivity contribution in [3.05, 3.63) is 29.8 Å². The van der Waals surface area contributed by atoms with Crippen LogP contribution in [-0.4, -0.2) is 12.6 Å². The molecule has 0 unspecified atom stereocenters. The summed E-state index contributed by atoms with van der Waals surface area (Å²) in [6, 6.07) is 8.45. The van der Waals surface area contributed by atoms with Crippen LogP contribution in [-0.2, 0) is 6.42 Å². The second-order valence-electron chi connectivity index (χ2n) is 4.21. The SMILES string of the molecule is NCCCCc1cccc(OC2CC2)c1. The molecule has 1 aliphatic carbocycles. The molecule has 0 heterocycles. The standard InChI is InChI=1S/C13H19NO/c14-9-2-1-4-11-5-3-6-13(10-11)15-12-7-8-12/h3,5-6,10,12H,1-2,4,7-9,14H2. The average molecular weight is 205 g/mol. The van der Waals surface area contributed by atoms with E-state index in [0.29, 0.717) is 6.10 Å². The molecule has 1 fully saturated rings. The second-order valence-corrected chi connectivity index (χ2v) is 4.21. The van der Waals surface area contributed by atoms with Crippen LogP contribution < -0.4 is 10.5 Å². The van der Waals surface area contributed by atoms with E-state index in [1.165, 1.54) is 24.8 Å². The molecule has 0 spiro atoms. The zero-order valence-electron chi connectivity index (χ0n) is 9.11. The zero-order valence-corrected chi connectivity index (χ0v) is 9.11. The molecule has 0 atom stereocenters. The molecular formula is C13H19NO. The predicted molar refractivity (Wildman–Crippen MR) is 62.1 cm³/mol. The van der Waals surface area contributed by atoms with Gasteiger partial charge >= 0.3 is 0 Å². The van der Waals surface area contributed by atoms with Gasteiger partial charge in [0, 0.05) is 0 Å². The summed E-state index contributed by atoms with van der Waals surface area (Å²) in [6.45, 7) is 0.790. The van der Waals surface area contributed by atoms with E-state index in [1.807, 2.05) is 6.07 Å². The van der Waals surface area contributed by atoms with Gasteiger partial charge in [-0.2, -0.15) is 0 Å². The Labute approximate surface area is 91.4 Å². The molecule has 0 aliphatic heterocycles. The molecule has 2 N–H and O–H groups in total. The molecule has 0 bridgehead atoms. The summed E-state index contributed by atoms with van der Waals surface area (Å²) in [5.74, 6) is 1.03. The van der Waals surface area contributed by atoms with E-state index in [1.54, 1.807) is 0 Å². The Morgan fingerprint density at radius 3 is 2.87 bits per heavy atom. The van der Waals surface area contributed by atoms with E-state index in [0.717, 1.165) is 25.1 Å². The van der Waals surface area contributed by atoms with Gasteiger partial charge in [0.15, 0.2) is 0 Å². The highest BCUT2D eigenvalue weighted by atomic mass is 16.5. The number of aryl methyl sites for hydroxylation is 1. The first-order chi connectivity index (χ1) is 7.38. The summed E-state index contributed by atoms with van der Waals surface area (Å²) >= 11 is 0. The van der Waals surface area contributed by atoms with E-state index in [-0.39, 0.29) is 0 Å². The van der Waals surface area contributed by atoms with E-state index in [2.05, 4.69) is 18.2 Å². The molecular weight excluding hydrogens is 186 g/mol. The van der Waals surface area contributed by atoms with Crippen molar-refractivity contribution in [2.24, 2.45) is 5.73 Å². The number of rotatable bonds is 6. The first kappa shape index (κ1) is 10.5. The highest BCUT2D eigenvalue weighted by Gasteiger charge is 2.23. The molecule has 0 aromatic heterocycles. The Morgan fingerprint density at radius 2 is 2.13 bits per heavy atom. The van der Waals surface area contributed by atoms with Crippen molar-refractivity contribution in [2.45, 2.75) is 38.2 Å². The Balaban J connectivity index is 1.86. The quantitative estimate of drug-likeness (QED) is 0.724. The highest BCUT2D eigenvalue weighted by Crippen LogP contribution is 2.27. The lowest BCUT2D eigenvalue weighted by molar-refractivity contribution is 0.303. The molecule has 2 heteroatoms. The normalized spacial score (nSPS) is 15.3. The van der Waals surface area contributed by atoms with Gasteiger partial charge in [0.05, 0.1) is 6.10 Å². The topological polar surface area (TPSA) is 35.2 Å². The second kappa shape index (κ2) is 5.17. The van der Waals surface area contributed by atoms with Crippen molar-refractivity contribution >= 4 is 0 Å². The minimum atomic E-state index is 0.490. The van der Waals surface area contributed by atoms with Crippen molar-refractivity contribution in [3.63, 3.8) is 0 Å². The smallest absolute Gasteiger partial charge is 0.119 e. The number of benzene rings is 1. The molecule has 82 valence electrons. The molecule has 1 aromatic carbocycles. The molecule has 1 aromatic rings. The van der Waals surface area contributed by atoms with Crippen molar-refractivity contribution in [3.8, 4) is 5.75 Å². The van der Waals surface area contributed by atoms with Crippen LogP contribution in [0.5, 0.6) is 5.75 Å². The average Bonchev–Trinajstić information content (AvgIpc) is 3.03. The van der Waals surface area contributed by atoms with Gasteiger partial charge in [-0.05, 0) is 56.3 Å². The largest absolute Gasteiger partial charge is 0.490 e. The van der Waals surface area contributed by atoms with Gasteiger partial charge in [0.1, 0.15) is 5.75 Å². The van der Waals surface area contributed by atoms with Gasteiger partial charge in [-0.1, -0.05) is 12.1 Å². The van der Waals surface area contributed by atoms with Crippen molar-refractivity contribution in [1.82, 2.24) is 0 Å². The minimum Gasteiger partial charge on any atom is -0.490 e. The van der Waals surface area contributed by atoms with E-state index in [9.17, 15) is 0 Å². The number of hydrogen-bond acceptors (Lipinski definition) is 2. The lowest BCUT2D eigenvalue weighted by Gasteiger charge is -2.06. The number of unbranched alkanes of at least 4 members (excludes halogenated alkanes) is 1. The number of nitrogens with two attached hydrogens (primary N) is 1. The molecule has 0 saturated heterocycles. The summed E-state index contributed by atoms with van der Waals surface area (Å²) in [6.07, 6.45) is 6.31. The highest BCUT2D eigenvalue weighted by molar-refractivity contribution is 5.29. The van der Waals surface area contributed by atoms with Gasteiger partial charge in [-0.25, -0.2) is 0 Å². The summed E-state index contributed by atoms with van der Waals surface area (Å²) in [7, 11) is 0. The van der Waals surface area contributed by atoms with Crippen LogP contribution >= 0.6 is 0 Å². The monoisotopic (exact) mass is 205 g/mol. The maximum Gasteiger partial charge on any atom is 0.119 e.